The second kappa shape index (κ2) is 5.71. The van der Waals surface area contributed by atoms with Gasteiger partial charge in [0.2, 0.25) is 0 Å². The normalized spacial score (nSPS) is 12.5. The van der Waals surface area contributed by atoms with Crippen molar-refractivity contribution < 1.29 is 9.13 Å². The highest BCUT2D eigenvalue weighted by molar-refractivity contribution is 5.37. The van der Waals surface area contributed by atoms with E-state index in [-0.39, 0.29) is 17.6 Å². The van der Waals surface area contributed by atoms with Crippen molar-refractivity contribution in [3.63, 3.8) is 0 Å². The molecule has 1 rings (SSSR count). The van der Waals surface area contributed by atoms with E-state index in [0.29, 0.717) is 0 Å². The maximum Gasteiger partial charge on any atom is 0.165 e. The van der Waals surface area contributed by atoms with Gasteiger partial charge in [-0.25, -0.2) is 4.39 Å². The van der Waals surface area contributed by atoms with Gasteiger partial charge in [-0.2, -0.15) is 0 Å². The van der Waals surface area contributed by atoms with Crippen molar-refractivity contribution in [2.75, 3.05) is 7.11 Å². The van der Waals surface area contributed by atoms with Crippen LogP contribution >= 0.6 is 0 Å². The molecule has 2 nitrogen and oxygen atoms in total. The molecule has 2 N–H and O–H groups in total. The zero-order valence-corrected chi connectivity index (χ0v) is 9.29. The minimum Gasteiger partial charge on any atom is -0.493 e. The molecular formula is C12H18FNO. The molecule has 0 aromatic heterocycles. The molecule has 3 heteroatoms. The van der Waals surface area contributed by atoms with Crippen LogP contribution in [-0.2, 0) is 0 Å². The van der Waals surface area contributed by atoms with Gasteiger partial charge in [-0.15, -0.1) is 0 Å². The van der Waals surface area contributed by atoms with Gasteiger partial charge in [-0.1, -0.05) is 31.9 Å². The van der Waals surface area contributed by atoms with Crippen LogP contribution in [0.25, 0.3) is 0 Å². The number of hydrogen-bond acceptors (Lipinski definition) is 2. The summed E-state index contributed by atoms with van der Waals surface area (Å²) in [5.74, 6) is -0.0666. The summed E-state index contributed by atoms with van der Waals surface area (Å²) in [5.41, 5.74) is 6.74. The summed E-state index contributed by atoms with van der Waals surface area (Å²) in [7, 11) is 1.47. The van der Waals surface area contributed by atoms with Crippen LogP contribution in [0.4, 0.5) is 4.39 Å². The molecule has 0 amide bonds. The van der Waals surface area contributed by atoms with E-state index in [4.69, 9.17) is 10.5 Å². The van der Waals surface area contributed by atoms with Gasteiger partial charge in [0.15, 0.2) is 11.6 Å². The second-order valence-corrected chi connectivity index (χ2v) is 3.61. The molecule has 1 aromatic carbocycles. The van der Waals surface area contributed by atoms with Gasteiger partial charge in [0, 0.05) is 11.6 Å². The van der Waals surface area contributed by atoms with E-state index in [1.807, 2.05) is 6.07 Å². The number of hydrogen-bond donors (Lipinski definition) is 1. The predicted molar refractivity (Wildman–Crippen MR) is 59.4 cm³/mol. The van der Waals surface area contributed by atoms with Crippen LogP contribution in [0.2, 0.25) is 0 Å². The number of ether oxygens (including phenoxy) is 1. The average Bonchev–Trinajstić information content (AvgIpc) is 2.25. The molecule has 0 saturated heterocycles. The SMILES string of the molecule is CCCC[C@@H](N)c1cccc(F)c1OC. The minimum absolute atomic E-state index is 0.143. The molecule has 0 unspecified atom stereocenters. The third kappa shape index (κ3) is 2.93. The van der Waals surface area contributed by atoms with Gasteiger partial charge in [0.25, 0.3) is 0 Å². The molecule has 0 fully saturated rings. The summed E-state index contributed by atoms with van der Waals surface area (Å²) in [5, 5.41) is 0. The molecule has 15 heavy (non-hydrogen) atoms. The molecule has 84 valence electrons. The van der Waals surface area contributed by atoms with E-state index in [0.717, 1.165) is 24.8 Å². The van der Waals surface area contributed by atoms with E-state index >= 15 is 0 Å². The number of nitrogens with two attached hydrogens (primary N) is 1. The number of methoxy groups -OCH3 is 1. The Labute approximate surface area is 90.2 Å². The quantitative estimate of drug-likeness (QED) is 0.812. The van der Waals surface area contributed by atoms with Crippen molar-refractivity contribution in [1.82, 2.24) is 0 Å². The lowest BCUT2D eigenvalue weighted by molar-refractivity contribution is 0.376. The fourth-order valence-electron chi connectivity index (χ4n) is 1.61. The Hall–Kier alpha value is -1.09. The molecule has 0 radical (unpaired) electrons. The molecule has 0 spiro atoms. The molecule has 0 bridgehead atoms. The van der Waals surface area contributed by atoms with Crippen LogP contribution in [0.1, 0.15) is 37.8 Å². The number of halogens is 1. The predicted octanol–water partition coefficient (Wildman–Crippen LogP) is 3.02. The molecule has 1 aromatic rings. The van der Waals surface area contributed by atoms with Gasteiger partial charge >= 0.3 is 0 Å². The molecule has 0 aliphatic rings. The van der Waals surface area contributed by atoms with Crippen LogP contribution in [-0.4, -0.2) is 7.11 Å². The Morgan fingerprint density at radius 3 is 2.80 bits per heavy atom. The van der Waals surface area contributed by atoms with Gasteiger partial charge < -0.3 is 10.5 Å². The van der Waals surface area contributed by atoms with E-state index in [2.05, 4.69) is 6.92 Å². The second-order valence-electron chi connectivity index (χ2n) is 3.61. The number of para-hydroxylation sites is 1. The molecular weight excluding hydrogens is 193 g/mol. The van der Waals surface area contributed by atoms with Gasteiger partial charge in [0.1, 0.15) is 0 Å². The maximum absolute atomic E-state index is 13.4. The van der Waals surface area contributed by atoms with Gasteiger partial charge in [-0.05, 0) is 12.5 Å². The topological polar surface area (TPSA) is 35.2 Å². The van der Waals surface area contributed by atoms with Crippen molar-refractivity contribution in [1.29, 1.82) is 0 Å². The summed E-state index contributed by atoms with van der Waals surface area (Å²) < 4.78 is 18.4. The molecule has 0 heterocycles. The molecule has 0 saturated carbocycles. The lowest BCUT2D eigenvalue weighted by Gasteiger charge is -2.15. The zero-order valence-electron chi connectivity index (χ0n) is 9.29. The zero-order chi connectivity index (χ0) is 11.3. The third-order valence-electron chi connectivity index (χ3n) is 2.47. The van der Waals surface area contributed by atoms with E-state index in [1.165, 1.54) is 13.2 Å². The first-order valence-corrected chi connectivity index (χ1v) is 5.28. The lowest BCUT2D eigenvalue weighted by atomic mass is 10.0. The number of unbranched alkanes of at least 4 members (excludes halogenated alkanes) is 1. The van der Waals surface area contributed by atoms with Gasteiger partial charge in [0.05, 0.1) is 7.11 Å². The summed E-state index contributed by atoms with van der Waals surface area (Å²) >= 11 is 0. The summed E-state index contributed by atoms with van der Waals surface area (Å²) in [4.78, 5) is 0. The first-order valence-electron chi connectivity index (χ1n) is 5.28. The fraction of sp³-hybridized carbons (Fsp3) is 0.500. The molecule has 1 atom stereocenters. The van der Waals surface area contributed by atoms with Crippen LogP contribution in [0.3, 0.4) is 0 Å². The summed E-state index contributed by atoms with van der Waals surface area (Å²) in [6.45, 7) is 2.11. The monoisotopic (exact) mass is 211 g/mol. The van der Waals surface area contributed by atoms with Crippen LogP contribution in [0.15, 0.2) is 18.2 Å². The Bertz CT molecular complexity index is 314. The Morgan fingerprint density at radius 2 is 2.20 bits per heavy atom. The Balaban J connectivity index is 2.87. The Morgan fingerprint density at radius 1 is 1.47 bits per heavy atom. The first-order chi connectivity index (χ1) is 7.20. The Kier molecular flexibility index (Phi) is 4.56. The van der Waals surface area contributed by atoms with E-state index in [1.54, 1.807) is 6.07 Å². The standard InChI is InChI=1S/C12H18FNO/c1-3-4-8-11(14)9-6-5-7-10(13)12(9)15-2/h5-7,11H,3-4,8,14H2,1-2H3/t11-/m1/s1. The fourth-order valence-corrected chi connectivity index (χ4v) is 1.61. The summed E-state index contributed by atoms with van der Waals surface area (Å²) in [6, 6.07) is 4.73. The smallest absolute Gasteiger partial charge is 0.165 e. The number of rotatable bonds is 5. The first kappa shape index (κ1) is 12.0. The highest BCUT2D eigenvalue weighted by atomic mass is 19.1. The minimum atomic E-state index is -0.345. The largest absolute Gasteiger partial charge is 0.493 e. The molecule has 0 aliphatic carbocycles. The van der Waals surface area contributed by atoms with Crippen LogP contribution in [0, 0.1) is 5.82 Å². The van der Waals surface area contributed by atoms with E-state index in [9.17, 15) is 4.39 Å². The molecule has 0 aliphatic heterocycles. The third-order valence-corrected chi connectivity index (χ3v) is 2.47. The number of benzene rings is 1. The van der Waals surface area contributed by atoms with E-state index < -0.39 is 0 Å². The van der Waals surface area contributed by atoms with Crippen molar-refractivity contribution in [3.8, 4) is 5.75 Å². The van der Waals surface area contributed by atoms with Crippen molar-refractivity contribution in [2.24, 2.45) is 5.73 Å². The van der Waals surface area contributed by atoms with Crippen molar-refractivity contribution >= 4 is 0 Å². The lowest BCUT2D eigenvalue weighted by Crippen LogP contribution is -2.12. The summed E-state index contributed by atoms with van der Waals surface area (Å²) in [6.07, 6.45) is 2.99. The van der Waals surface area contributed by atoms with Crippen molar-refractivity contribution in [2.45, 2.75) is 32.2 Å². The average molecular weight is 211 g/mol. The van der Waals surface area contributed by atoms with Crippen LogP contribution in [0.5, 0.6) is 5.75 Å². The van der Waals surface area contributed by atoms with Crippen molar-refractivity contribution in [3.05, 3.63) is 29.6 Å². The van der Waals surface area contributed by atoms with Crippen LogP contribution < -0.4 is 10.5 Å². The highest BCUT2D eigenvalue weighted by Crippen LogP contribution is 2.29. The van der Waals surface area contributed by atoms with Gasteiger partial charge in [-0.3, -0.25) is 0 Å². The highest BCUT2D eigenvalue weighted by Gasteiger charge is 2.14. The maximum atomic E-state index is 13.4.